The minimum atomic E-state index is 0.208. The molecular formula is C19H30ClN3O. The number of benzene rings is 1. The van der Waals surface area contributed by atoms with Crippen LogP contribution >= 0.6 is 11.6 Å². The fourth-order valence-corrected chi connectivity index (χ4v) is 3.69. The standard InChI is InChI=1S/C19H30ClN3O/c1-2-21-18(22-14-16-7-6-8-17(20)13-16)23-15-19(11-12-24)9-4-3-5-10-19/h6-8,13,24H,2-5,9-12,14-15H2,1H3,(H2,21,22,23). The van der Waals surface area contributed by atoms with Crippen molar-refractivity contribution in [2.45, 2.75) is 52.0 Å². The van der Waals surface area contributed by atoms with Gasteiger partial charge in [-0.25, -0.2) is 4.99 Å². The van der Waals surface area contributed by atoms with Crippen LogP contribution in [0.1, 0.15) is 51.0 Å². The van der Waals surface area contributed by atoms with Crippen LogP contribution in [0.3, 0.4) is 0 Å². The first-order valence-corrected chi connectivity index (χ1v) is 9.43. The summed E-state index contributed by atoms with van der Waals surface area (Å²) in [5.41, 5.74) is 1.31. The van der Waals surface area contributed by atoms with Crippen LogP contribution < -0.4 is 10.6 Å². The molecule has 0 unspecified atom stereocenters. The van der Waals surface area contributed by atoms with Crippen molar-refractivity contribution in [3.05, 3.63) is 34.9 Å². The molecule has 0 saturated heterocycles. The Hall–Kier alpha value is -1.26. The number of aliphatic hydroxyl groups excluding tert-OH is 1. The number of rotatable bonds is 7. The Labute approximate surface area is 150 Å². The van der Waals surface area contributed by atoms with Crippen LogP contribution in [0.5, 0.6) is 0 Å². The van der Waals surface area contributed by atoms with Gasteiger partial charge in [-0.1, -0.05) is 43.0 Å². The summed E-state index contributed by atoms with van der Waals surface area (Å²) in [6.07, 6.45) is 7.09. The second kappa shape index (κ2) is 9.90. The highest BCUT2D eigenvalue weighted by molar-refractivity contribution is 6.30. The van der Waals surface area contributed by atoms with Gasteiger partial charge < -0.3 is 15.7 Å². The highest BCUT2D eigenvalue weighted by Crippen LogP contribution is 2.38. The number of hydrogen-bond acceptors (Lipinski definition) is 2. The van der Waals surface area contributed by atoms with Crippen molar-refractivity contribution in [3.8, 4) is 0 Å². The van der Waals surface area contributed by atoms with Crippen LogP contribution in [0, 0.1) is 5.41 Å². The molecule has 0 atom stereocenters. The molecule has 0 spiro atoms. The Balaban J connectivity index is 1.97. The molecule has 0 aliphatic heterocycles. The summed E-state index contributed by atoms with van der Waals surface area (Å²) in [6, 6.07) is 7.81. The topological polar surface area (TPSA) is 56.7 Å². The van der Waals surface area contributed by atoms with Crippen molar-refractivity contribution in [2.24, 2.45) is 10.4 Å². The molecule has 24 heavy (non-hydrogen) atoms. The van der Waals surface area contributed by atoms with Crippen LogP contribution in [0.25, 0.3) is 0 Å². The smallest absolute Gasteiger partial charge is 0.191 e. The number of nitrogens with zero attached hydrogens (tertiary/aromatic N) is 1. The largest absolute Gasteiger partial charge is 0.396 e. The van der Waals surface area contributed by atoms with Gasteiger partial charge in [-0.15, -0.1) is 0 Å². The fraction of sp³-hybridized carbons (Fsp3) is 0.632. The van der Waals surface area contributed by atoms with E-state index in [1.165, 1.54) is 32.1 Å². The molecule has 1 fully saturated rings. The zero-order chi connectivity index (χ0) is 17.3. The lowest BCUT2D eigenvalue weighted by molar-refractivity contribution is 0.131. The predicted molar refractivity (Wildman–Crippen MR) is 101 cm³/mol. The molecule has 0 heterocycles. The second-order valence-electron chi connectivity index (χ2n) is 6.71. The van der Waals surface area contributed by atoms with Crippen molar-refractivity contribution in [1.82, 2.24) is 10.6 Å². The third kappa shape index (κ3) is 5.99. The van der Waals surface area contributed by atoms with E-state index in [0.29, 0.717) is 6.54 Å². The molecule has 1 aliphatic rings. The van der Waals surface area contributed by atoms with Gasteiger partial charge in [0.2, 0.25) is 0 Å². The molecular weight excluding hydrogens is 322 g/mol. The van der Waals surface area contributed by atoms with E-state index in [9.17, 15) is 5.11 Å². The van der Waals surface area contributed by atoms with E-state index in [1.807, 2.05) is 24.3 Å². The van der Waals surface area contributed by atoms with Crippen molar-refractivity contribution in [3.63, 3.8) is 0 Å². The summed E-state index contributed by atoms with van der Waals surface area (Å²) in [7, 11) is 0. The van der Waals surface area contributed by atoms with Gasteiger partial charge in [0.25, 0.3) is 0 Å². The fourth-order valence-electron chi connectivity index (χ4n) is 3.47. The third-order valence-electron chi connectivity index (χ3n) is 4.84. The van der Waals surface area contributed by atoms with Crippen LogP contribution in [0.4, 0.5) is 0 Å². The van der Waals surface area contributed by atoms with Gasteiger partial charge in [0.15, 0.2) is 5.96 Å². The maximum absolute atomic E-state index is 9.44. The maximum atomic E-state index is 9.44. The van der Waals surface area contributed by atoms with Crippen LogP contribution in [-0.4, -0.2) is 30.8 Å². The van der Waals surface area contributed by atoms with E-state index in [2.05, 4.69) is 22.5 Å². The summed E-state index contributed by atoms with van der Waals surface area (Å²) in [4.78, 5) is 4.67. The Bertz CT molecular complexity index is 522. The Morgan fingerprint density at radius 1 is 1.25 bits per heavy atom. The van der Waals surface area contributed by atoms with Gasteiger partial charge in [-0.05, 0) is 49.3 Å². The molecule has 2 rings (SSSR count). The van der Waals surface area contributed by atoms with E-state index in [1.54, 1.807) is 0 Å². The molecule has 3 N–H and O–H groups in total. The minimum Gasteiger partial charge on any atom is -0.396 e. The summed E-state index contributed by atoms with van der Waals surface area (Å²) in [6.45, 7) is 4.63. The van der Waals surface area contributed by atoms with Gasteiger partial charge >= 0.3 is 0 Å². The number of hydrogen-bond donors (Lipinski definition) is 3. The molecule has 5 heteroatoms. The van der Waals surface area contributed by atoms with Gasteiger partial charge in [-0.2, -0.15) is 0 Å². The Morgan fingerprint density at radius 2 is 2.04 bits per heavy atom. The molecule has 1 aliphatic carbocycles. The Kier molecular flexibility index (Phi) is 7.86. The van der Waals surface area contributed by atoms with E-state index in [-0.39, 0.29) is 12.0 Å². The van der Waals surface area contributed by atoms with Crippen molar-refractivity contribution in [1.29, 1.82) is 0 Å². The zero-order valence-electron chi connectivity index (χ0n) is 14.7. The molecule has 134 valence electrons. The predicted octanol–water partition coefficient (Wildman–Crippen LogP) is 3.73. The normalized spacial score (nSPS) is 17.5. The first kappa shape index (κ1) is 19.1. The number of aliphatic imine (C=N–C) groups is 1. The van der Waals surface area contributed by atoms with Gasteiger partial charge in [0.05, 0.1) is 6.54 Å². The van der Waals surface area contributed by atoms with Gasteiger partial charge in [-0.3, -0.25) is 0 Å². The average Bonchev–Trinajstić information content (AvgIpc) is 2.59. The Morgan fingerprint density at radius 3 is 2.71 bits per heavy atom. The van der Waals surface area contributed by atoms with Crippen molar-refractivity contribution in [2.75, 3.05) is 19.7 Å². The van der Waals surface area contributed by atoms with E-state index >= 15 is 0 Å². The van der Waals surface area contributed by atoms with Gasteiger partial charge in [0, 0.05) is 24.7 Å². The highest BCUT2D eigenvalue weighted by Gasteiger charge is 2.31. The monoisotopic (exact) mass is 351 g/mol. The lowest BCUT2D eigenvalue weighted by atomic mass is 9.72. The number of aliphatic hydroxyl groups is 1. The average molecular weight is 352 g/mol. The van der Waals surface area contributed by atoms with Gasteiger partial charge in [0.1, 0.15) is 0 Å². The number of guanidine groups is 1. The van der Waals surface area contributed by atoms with E-state index < -0.39 is 0 Å². The molecule has 1 aromatic carbocycles. The first-order chi connectivity index (χ1) is 11.7. The second-order valence-corrected chi connectivity index (χ2v) is 7.15. The first-order valence-electron chi connectivity index (χ1n) is 9.05. The molecule has 0 amide bonds. The van der Waals surface area contributed by atoms with Crippen LogP contribution in [0.15, 0.2) is 29.3 Å². The molecule has 1 saturated carbocycles. The summed E-state index contributed by atoms with van der Waals surface area (Å²) in [5.74, 6) is 0.834. The minimum absolute atomic E-state index is 0.208. The number of nitrogens with one attached hydrogen (secondary N) is 2. The van der Waals surface area contributed by atoms with Crippen molar-refractivity contribution >= 4 is 17.6 Å². The van der Waals surface area contributed by atoms with E-state index in [4.69, 9.17) is 11.6 Å². The molecule has 0 bridgehead atoms. The number of halogens is 1. The summed E-state index contributed by atoms with van der Waals surface area (Å²) in [5, 5.41) is 17.0. The maximum Gasteiger partial charge on any atom is 0.191 e. The third-order valence-corrected chi connectivity index (χ3v) is 5.08. The highest BCUT2D eigenvalue weighted by atomic mass is 35.5. The van der Waals surface area contributed by atoms with Crippen LogP contribution in [0.2, 0.25) is 5.02 Å². The van der Waals surface area contributed by atoms with E-state index in [0.717, 1.165) is 36.1 Å². The lowest BCUT2D eigenvalue weighted by Gasteiger charge is -2.37. The lowest BCUT2D eigenvalue weighted by Crippen LogP contribution is -2.44. The molecule has 4 nitrogen and oxygen atoms in total. The zero-order valence-corrected chi connectivity index (χ0v) is 15.4. The molecule has 0 radical (unpaired) electrons. The SMILES string of the molecule is CCNC(=NCc1cccc(Cl)c1)NCC1(CCO)CCCCC1. The van der Waals surface area contributed by atoms with Crippen molar-refractivity contribution < 1.29 is 5.11 Å². The summed E-state index contributed by atoms with van der Waals surface area (Å²) >= 11 is 6.03. The molecule has 1 aromatic rings. The molecule has 0 aromatic heterocycles. The van der Waals surface area contributed by atoms with Crippen LogP contribution in [-0.2, 0) is 6.54 Å². The summed E-state index contributed by atoms with van der Waals surface area (Å²) < 4.78 is 0. The quantitative estimate of drug-likeness (QED) is 0.518.